The number of ether oxygens (including phenoxy) is 1. The number of thioether (sulfide) groups is 1. The first-order valence-corrected chi connectivity index (χ1v) is 10.8. The van der Waals surface area contributed by atoms with Gasteiger partial charge in [0, 0.05) is 33.2 Å². The van der Waals surface area contributed by atoms with Crippen molar-refractivity contribution in [1.82, 2.24) is 19.8 Å². The molecule has 0 spiro atoms. The van der Waals surface area contributed by atoms with E-state index in [0.717, 1.165) is 42.7 Å². The number of imidazole rings is 1. The summed E-state index contributed by atoms with van der Waals surface area (Å²) in [6, 6.07) is 10.1. The summed E-state index contributed by atoms with van der Waals surface area (Å²) in [5, 5.41) is 3.84. The Balaban J connectivity index is 1.44. The fraction of sp³-hybridized carbons (Fsp3) is 0.524. The van der Waals surface area contributed by atoms with Crippen molar-refractivity contribution in [3.63, 3.8) is 0 Å². The molecule has 152 valence electrons. The maximum atomic E-state index is 12.3. The number of aromatic nitrogens is 2. The summed E-state index contributed by atoms with van der Waals surface area (Å²) in [7, 11) is 1.98. The predicted molar refractivity (Wildman–Crippen MR) is 113 cm³/mol. The number of nitrogens with one attached hydrogen (secondary N) is 1. The predicted octanol–water partition coefficient (Wildman–Crippen LogP) is 2.65. The van der Waals surface area contributed by atoms with E-state index < -0.39 is 0 Å². The Hall–Kier alpha value is -1.83. The Morgan fingerprint density at radius 3 is 2.89 bits per heavy atom. The van der Waals surface area contributed by atoms with Crippen molar-refractivity contribution in [2.24, 2.45) is 13.0 Å². The van der Waals surface area contributed by atoms with Crippen LogP contribution in [0.2, 0.25) is 0 Å². The minimum absolute atomic E-state index is 0.0128. The van der Waals surface area contributed by atoms with E-state index >= 15 is 0 Å². The van der Waals surface area contributed by atoms with E-state index in [9.17, 15) is 4.79 Å². The second-order valence-electron chi connectivity index (χ2n) is 7.59. The van der Waals surface area contributed by atoms with Gasteiger partial charge in [-0.2, -0.15) is 0 Å². The first-order chi connectivity index (χ1) is 13.5. The molecule has 28 heavy (non-hydrogen) atoms. The molecule has 1 aromatic carbocycles. The molecule has 0 aliphatic carbocycles. The Morgan fingerprint density at radius 2 is 2.14 bits per heavy atom. The molecular weight excluding hydrogens is 372 g/mol. The highest BCUT2D eigenvalue weighted by molar-refractivity contribution is 7.99. The minimum Gasteiger partial charge on any atom is -0.374 e. The van der Waals surface area contributed by atoms with Gasteiger partial charge in [0.05, 0.1) is 30.4 Å². The number of hydrogen-bond acceptors (Lipinski definition) is 5. The zero-order chi connectivity index (χ0) is 19.9. The molecule has 1 amide bonds. The van der Waals surface area contributed by atoms with Crippen molar-refractivity contribution in [2.45, 2.75) is 25.1 Å². The molecule has 1 aliphatic heterocycles. The van der Waals surface area contributed by atoms with Crippen molar-refractivity contribution in [3.05, 3.63) is 36.5 Å². The Bertz CT molecular complexity index is 763. The molecule has 1 aromatic heterocycles. The van der Waals surface area contributed by atoms with Crippen LogP contribution in [-0.2, 0) is 16.6 Å². The van der Waals surface area contributed by atoms with Gasteiger partial charge >= 0.3 is 0 Å². The summed E-state index contributed by atoms with van der Waals surface area (Å²) in [6.07, 6.45) is 1.92. The van der Waals surface area contributed by atoms with Crippen LogP contribution in [0.4, 0.5) is 0 Å². The number of carbonyl (C=O) groups is 1. The number of rotatable bonds is 8. The molecule has 0 radical (unpaired) electrons. The third-order valence-electron chi connectivity index (χ3n) is 4.72. The van der Waals surface area contributed by atoms with Crippen LogP contribution >= 0.6 is 11.8 Å². The van der Waals surface area contributed by atoms with E-state index in [-0.39, 0.29) is 12.0 Å². The second kappa shape index (κ2) is 10.1. The molecule has 1 aliphatic rings. The van der Waals surface area contributed by atoms with Gasteiger partial charge in [-0.1, -0.05) is 55.9 Å². The van der Waals surface area contributed by atoms with E-state index in [0.29, 0.717) is 18.2 Å². The van der Waals surface area contributed by atoms with Gasteiger partial charge in [0.2, 0.25) is 5.91 Å². The quantitative estimate of drug-likeness (QED) is 0.688. The fourth-order valence-corrected chi connectivity index (χ4v) is 4.18. The van der Waals surface area contributed by atoms with Gasteiger partial charge in [0.1, 0.15) is 0 Å². The molecule has 6 nitrogen and oxygen atoms in total. The fourth-order valence-electron chi connectivity index (χ4n) is 3.40. The lowest BCUT2D eigenvalue weighted by atomic mass is 10.2. The normalized spacial score (nSPS) is 17.8. The summed E-state index contributed by atoms with van der Waals surface area (Å²) >= 11 is 1.45. The smallest absolute Gasteiger partial charge is 0.230 e. The van der Waals surface area contributed by atoms with Crippen molar-refractivity contribution in [3.8, 4) is 11.3 Å². The molecule has 1 unspecified atom stereocenters. The highest BCUT2D eigenvalue weighted by atomic mass is 32.2. The highest BCUT2D eigenvalue weighted by Crippen LogP contribution is 2.24. The second-order valence-corrected chi connectivity index (χ2v) is 8.53. The molecule has 0 bridgehead atoms. The monoisotopic (exact) mass is 402 g/mol. The summed E-state index contributed by atoms with van der Waals surface area (Å²) in [6.45, 7) is 8.68. The van der Waals surface area contributed by atoms with Crippen LogP contribution in [-0.4, -0.2) is 65.0 Å². The first kappa shape index (κ1) is 20.9. The number of nitrogens with zero attached hydrogens (tertiary/aromatic N) is 3. The van der Waals surface area contributed by atoms with Gasteiger partial charge in [0.25, 0.3) is 0 Å². The molecule has 2 heterocycles. The number of morpholine rings is 1. The van der Waals surface area contributed by atoms with Gasteiger partial charge in [-0.25, -0.2) is 4.98 Å². The molecule has 3 rings (SSSR count). The lowest BCUT2D eigenvalue weighted by molar-refractivity contribution is -0.119. The molecule has 1 fully saturated rings. The van der Waals surface area contributed by atoms with E-state index in [1.54, 1.807) is 0 Å². The van der Waals surface area contributed by atoms with Gasteiger partial charge < -0.3 is 14.6 Å². The van der Waals surface area contributed by atoms with Crippen molar-refractivity contribution in [1.29, 1.82) is 0 Å². The SMILES string of the molecule is CC(C)CN1CCOC(CNC(=O)CSc2ncc(-c3ccccc3)n2C)C1. The Kier molecular flexibility index (Phi) is 7.53. The summed E-state index contributed by atoms with van der Waals surface area (Å²) in [5.41, 5.74) is 2.17. The van der Waals surface area contributed by atoms with E-state index in [2.05, 4.69) is 41.2 Å². The summed E-state index contributed by atoms with van der Waals surface area (Å²) in [4.78, 5) is 19.1. The van der Waals surface area contributed by atoms with Crippen molar-refractivity contribution < 1.29 is 9.53 Å². The molecule has 7 heteroatoms. The average Bonchev–Trinajstić information content (AvgIpc) is 3.05. The summed E-state index contributed by atoms with van der Waals surface area (Å²) < 4.78 is 7.82. The van der Waals surface area contributed by atoms with Crippen LogP contribution < -0.4 is 5.32 Å². The number of amides is 1. The zero-order valence-corrected chi connectivity index (χ0v) is 17.7. The van der Waals surface area contributed by atoms with E-state index in [1.807, 2.05) is 36.0 Å². The van der Waals surface area contributed by atoms with Gasteiger partial charge in [0.15, 0.2) is 5.16 Å². The largest absolute Gasteiger partial charge is 0.374 e. The topological polar surface area (TPSA) is 59.4 Å². The first-order valence-electron chi connectivity index (χ1n) is 9.83. The average molecular weight is 403 g/mol. The lowest BCUT2D eigenvalue weighted by Crippen LogP contribution is -2.48. The van der Waals surface area contributed by atoms with E-state index in [4.69, 9.17) is 4.74 Å². The number of carbonyl (C=O) groups excluding carboxylic acids is 1. The third kappa shape index (κ3) is 5.83. The van der Waals surface area contributed by atoms with Crippen molar-refractivity contribution in [2.75, 3.05) is 38.5 Å². The van der Waals surface area contributed by atoms with E-state index in [1.165, 1.54) is 11.8 Å². The number of hydrogen-bond donors (Lipinski definition) is 1. The molecule has 1 saturated heterocycles. The van der Waals surface area contributed by atoms with Gasteiger partial charge in [-0.05, 0) is 11.5 Å². The van der Waals surface area contributed by atoms with Crippen LogP contribution in [0.15, 0.2) is 41.7 Å². The minimum atomic E-state index is 0.0128. The molecule has 2 aromatic rings. The summed E-state index contributed by atoms with van der Waals surface area (Å²) in [5.74, 6) is 1.00. The van der Waals surface area contributed by atoms with Crippen molar-refractivity contribution >= 4 is 17.7 Å². The van der Waals surface area contributed by atoms with Gasteiger partial charge in [-0.15, -0.1) is 0 Å². The standard InChI is InChI=1S/C21H30N4O2S/c1-16(2)13-25-9-10-27-18(14-25)11-22-20(26)15-28-21-23-12-19(24(21)3)17-7-5-4-6-8-17/h4-8,12,16,18H,9-11,13-15H2,1-3H3,(H,22,26). The van der Waals surface area contributed by atoms with Crippen LogP contribution in [0.1, 0.15) is 13.8 Å². The Morgan fingerprint density at radius 1 is 1.36 bits per heavy atom. The highest BCUT2D eigenvalue weighted by Gasteiger charge is 2.21. The van der Waals surface area contributed by atoms with Crippen LogP contribution in [0.3, 0.4) is 0 Å². The Labute approximate surface area is 171 Å². The molecular formula is C21H30N4O2S. The van der Waals surface area contributed by atoms with Crippen LogP contribution in [0, 0.1) is 5.92 Å². The zero-order valence-electron chi connectivity index (χ0n) is 16.9. The third-order valence-corrected chi connectivity index (χ3v) is 5.76. The van der Waals surface area contributed by atoms with Crippen LogP contribution in [0.5, 0.6) is 0 Å². The number of benzene rings is 1. The molecule has 1 N–H and O–H groups in total. The maximum Gasteiger partial charge on any atom is 0.230 e. The maximum absolute atomic E-state index is 12.3. The lowest BCUT2D eigenvalue weighted by Gasteiger charge is -2.33. The molecule has 1 atom stereocenters. The van der Waals surface area contributed by atoms with Gasteiger partial charge in [-0.3, -0.25) is 9.69 Å². The molecule has 0 saturated carbocycles. The van der Waals surface area contributed by atoms with Crippen LogP contribution in [0.25, 0.3) is 11.3 Å².